The maximum Gasteiger partial charge on any atom is 0.344 e. The standard InChI is InChI=1S/C22H26ClNO5/c1-14-9-17(6-7-20(14)23)28-13-22(26)29-12-21(25)19-10-15(2)24(16(19)3)11-18-5-4-8-27-18/h6-7,9-10,18H,4-5,8,11-13H2,1-3H3/t18-/m1/s1. The maximum absolute atomic E-state index is 12.6. The highest BCUT2D eigenvalue weighted by molar-refractivity contribution is 6.31. The average Bonchev–Trinajstić information content (AvgIpc) is 3.31. The Kier molecular flexibility index (Phi) is 6.98. The van der Waals surface area contributed by atoms with E-state index in [1.807, 2.05) is 26.8 Å². The van der Waals surface area contributed by atoms with Crippen molar-refractivity contribution in [3.8, 4) is 5.75 Å². The summed E-state index contributed by atoms with van der Waals surface area (Å²) in [4.78, 5) is 24.5. The molecule has 1 aromatic carbocycles. The number of carbonyl (C=O) groups excluding carboxylic acids is 2. The van der Waals surface area contributed by atoms with Crippen LogP contribution in [0.1, 0.15) is 40.2 Å². The molecule has 6 nitrogen and oxygen atoms in total. The number of benzene rings is 1. The summed E-state index contributed by atoms with van der Waals surface area (Å²) in [7, 11) is 0. The van der Waals surface area contributed by atoms with Crippen molar-refractivity contribution < 1.29 is 23.8 Å². The number of hydrogen-bond acceptors (Lipinski definition) is 5. The third-order valence-corrected chi connectivity index (χ3v) is 5.56. The van der Waals surface area contributed by atoms with Gasteiger partial charge in [0.2, 0.25) is 5.78 Å². The number of nitrogens with zero attached hydrogens (tertiary/aromatic N) is 1. The number of ether oxygens (including phenoxy) is 3. The molecule has 3 rings (SSSR count). The minimum atomic E-state index is -0.598. The van der Waals surface area contributed by atoms with Crippen LogP contribution in [0.25, 0.3) is 0 Å². The van der Waals surface area contributed by atoms with Crippen LogP contribution in [0.3, 0.4) is 0 Å². The van der Waals surface area contributed by atoms with E-state index in [4.69, 9.17) is 25.8 Å². The fourth-order valence-electron chi connectivity index (χ4n) is 3.47. The van der Waals surface area contributed by atoms with E-state index in [1.54, 1.807) is 18.2 Å². The number of aromatic nitrogens is 1. The highest BCUT2D eigenvalue weighted by Gasteiger charge is 2.21. The van der Waals surface area contributed by atoms with Crippen molar-refractivity contribution in [3.63, 3.8) is 0 Å². The molecule has 0 N–H and O–H groups in total. The fraction of sp³-hybridized carbons (Fsp3) is 0.455. The molecule has 0 unspecified atom stereocenters. The van der Waals surface area contributed by atoms with Crippen LogP contribution in [0.2, 0.25) is 5.02 Å². The van der Waals surface area contributed by atoms with Crippen molar-refractivity contribution in [2.24, 2.45) is 0 Å². The van der Waals surface area contributed by atoms with Crippen LogP contribution in [0, 0.1) is 20.8 Å². The van der Waals surface area contributed by atoms with E-state index in [9.17, 15) is 9.59 Å². The van der Waals surface area contributed by atoms with Gasteiger partial charge in [-0.05, 0) is 63.4 Å². The van der Waals surface area contributed by atoms with Gasteiger partial charge in [0.1, 0.15) is 5.75 Å². The number of halogens is 1. The van der Waals surface area contributed by atoms with Gasteiger partial charge in [-0.2, -0.15) is 0 Å². The molecule has 0 spiro atoms. The Labute approximate surface area is 175 Å². The quantitative estimate of drug-likeness (QED) is 0.477. The molecule has 29 heavy (non-hydrogen) atoms. The molecular formula is C22H26ClNO5. The van der Waals surface area contributed by atoms with E-state index in [0.717, 1.165) is 42.9 Å². The van der Waals surface area contributed by atoms with E-state index in [-0.39, 0.29) is 25.1 Å². The summed E-state index contributed by atoms with van der Waals surface area (Å²) in [5.74, 6) is -0.306. The molecule has 0 saturated carbocycles. The predicted molar refractivity (Wildman–Crippen MR) is 110 cm³/mol. The van der Waals surface area contributed by atoms with E-state index >= 15 is 0 Å². The van der Waals surface area contributed by atoms with Gasteiger partial charge in [-0.1, -0.05) is 11.6 Å². The predicted octanol–water partition coefficient (Wildman–Crippen LogP) is 4.05. The molecule has 1 aromatic heterocycles. The highest BCUT2D eigenvalue weighted by Crippen LogP contribution is 2.22. The molecule has 1 aliphatic heterocycles. The highest BCUT2D eigenvalue weighted by atomic mass is 35.5. The number of esters is 1. The smallest absolute Gasteiger partial charge is 0.344 e. The molecule has 0 aliphatic carbocycles. The van der Waals surface area contributed by atoms with Gasteiger partial charge in [-0.15, -0.1) is 0 Å². The van der Waals surface area contributed by atoms with Gasteiger partial charge in [0.15, 0.2) is 13.2 Å². The SMILES string of the molecule is Cc1cc(OCC(=O)OCC(=O)c2cc(C)n(C[C@H]3CCCO3)c2C)ccc1Cl. The van der Waals surface area contributed by atoms with Gasteiger partial charge >= 0.3 is 5.97 Å². The number of aryl methyl sites for hydroxylation is 2. The number of carbonyl (C=O) groups is 2. The van der Waals surface area contributed by atoms with Crippen molar-refractivity contribution >= 4 is 23.4 Å². The Morgan fingerprint density at radius 2 is 2.00 bits per heavy atom. The Morgan fingerprint density at radius 1 is 1.21 bits per heavy atom. The number of ketones is 1. The summed E-state index contributed by atoms with van der Waals surface area (Å²) in [6.45, 7) is 6.66. The zero-order chi connectivity index (χ0) is 21.0. The van der Waals surface area contributed by atoms with Gasteiger partial charge in [0, 0.05) is 35.1 Å². The van der Waals surface area contributed by atoms with E-state index in [2.05, 4.69) is 4.57 Å². The fourth-order valence-corrected chi connectivity index (χ4v) is 3.59. The monoisotopic (exact) mass is 419 g/mol. The molecule has 0 bridgehead atoms. The first kappa shape index (κ1) is 21.4. The summed E-state index contributed by atoms with van der Waals surface area (Å²) >= 11 is 5.97. The van der Waals surface area contributed by atoms with Crippen molar-refractivity contribution in [1.29, 1.82) is 0 Å². The Hall–Kier alpha value is -2.31. The van der Waals surface area contributed by atoms with Gasteiger partial charge in [-0.25, -0.2) is 4.79 Å². The third-order valence-electron chi connectivity index (χ3n) is 5.13. The lowest BCUT2D eigenvalue weighted by molar-refractivity contribution is -0.144. The first-order valence-corrected chi connectivity index (χ1v) is 10.1. The summed E-state index contributed by atoms with van der Waals surface area (Å²) in [5.41, 5.74) is 3.29. The van der Waals surface area contributed by atoms with Crippen molar-refractivity contribution in [2.75, 3.05) is 19.8 Å². The van der Waals surface area contributed by atoms with Crippen LogP contribution in [0.4, 0.5) is 0 Å². The molecule has 2 heterocycles. The molecular weight excluding hydrogens is 394 g/mol. The second-order valence-corrected chi connectivity index (χ2v) is 7.72. The molecule has 0 radical (unpaired) electrons. The summed E-state index contributed by atoms with van der Waals surface area (Å²) in [5, 5.41) is 0.627. The molecule has 1 atom stereocenters. The van der Waals surface area contributed by atoms with Gasteiger partial charge in [0.05, 0.1) is 6.10 Å². The lowest BCUT2D eigenvalue weighted by Crippen LogP contribution is -2.20. The lowest BCUT2D eigenvalue weighted by Gasteiger charge is -2.14. The summed E-state index contributed by atoms with van der Waals surface area (Å²) in [6.07, 6.45) is 2.29. The average molecular weight is 420 g/mol. The molecule has 156 valence electrons. The molecule has 1 aliphatic rings. The number of Topliss-reactive ketones (excluding diaryl/α,β-unsaturated/α-hetero) is 1. The van der Waals surface area contributed by atoms with E-state index in [0.29, 0.717) is 16.3 Å². The molecule has 0 amide bonds. The molecule has 7 heteroatoms. The van der Waals surface area contributed by atoms with Crippen molar-refractivity contribution in [1.82, 2.24) is 4.57 Å². The first-order chi connectivity index (χ1) is 13.8. The largest absolute Gasteiger partial charge is 0.482 e. The Morgan fingerprint density at radius 3 is 2.69 bits per heavy atom. The second kappa shape index (κ2) is 9.46. The van der Waals surface area contributed by atoms with Crippen LogP contribution in [0.5, 0.6) is 5.75 Å². The minimum Gasteiger partial charge on any atom is -0.482 e. The van der Waals surface area contributed by atoms with Crippen LogP contribution in [-0.2, 0) is 20.8 Å². The van der Waals surface area contributed by atoms with Gasteiger partial charge < -0.3 is 18.8 Å². The van der Waals surface area contributed by atoms with Crippen LogP contribution in [0.15, 0.2) is 24.3 Å². The zero-order valence-corrected chi connectivity index (χ0v) is 17.8. The van der Waals surface area contributed by atoms with Gasteiger partial charge in [0.25, 0.3) is 0 Å². The first-order valence-electron chi connectivity index (χ1n) is 9.71. The van der Waals surface area contributed by atoms with Crippen LogP contribution < -0.4 is 4.74 Å². The van der Waals surface area contributed by atoms with E-state index < -0.39 is 5.97 Å². The number of hydrogen-bond donors (Lipinski definition) is 0. The van der Waals surface area contributed by atoms with Crippen molar-refractivity contribution in [3.05, 3.63) is 51.8 Å². The van der Waals surface area contributed by atoms with Gasteiger partial charge in [-0.3, -0.25) is 4.79 Å². The molecule has 1 saturated heterocycles. The zero-order valence-electron chi connectivity index (χ0n) is 17.0. The maximum atomic E-state index is 12.6. The van der Waals surface area contributed by atoms with E-state index in [1.165, 1.54) is 0 Å². The second-order valence-electron chi connectivity index (χ2n) is 7.31. The number of rotatable bonds is 8. The lowest BCUT2D eigenvalue weighted by atomic mass is 10.1. The summed E-state index contributed by atoms with van der Waals surface area (Å²) < 4.78 is 18.3. The Balaban J connectivity index is 1.52. The van der Waals surface area contributed by atoms with Crippen molar-refractivity contribution in [2.45, 2.75) is 46.3 Å². The normalized spacial score (nSPS) is 16.1. The van der Waals surface area contributed by atoms with Crippen LogP contribution >= 0.6 is 11.6 Å². The minimum absolute atomic E-state index is 0.189. The topological polar surface area (TPSA) is 66.8 Å². The van der Waals surface area contributed by atoms with Crippen LogP contribution in [-0.4, -0.2) is 42.2 Å². The third kappa shape index (κ3) is 5.40. The Bertz CT molecular complexity index is 899. The molecule has 2 aromatic rings. The molecule has 1 fully saturated rings. The summed E-state index contributed by atoms with van der Waals surface area (Å²) in [6, 6.07) is 6.96.